The number of alkyl halides is 1. The quantitative estimate of drug-likeness (QED) is 0.795. The summed E-state index contributed by atoms with van der Waals surface area (Å²) in [4.78, 5) is 25.4. The second-order valence-corrected chi connectivity index (χ2v) is 4.69. The Hall–Kier alpha value is -1.91. The number of amides is 2. The Morgan fingerprint density at radius 3 is 2.78 bits per heavy atom. The minimum absolute atomic E-state index is 0.101. The summed E-state index contributed by atoms with van der Waals surface area (Å²) in [5.41, 5.74) is 1.29. The van der Waals surface area contributed by atoms with Crippen LogP contribution in [0.15, 0.2) is 24.3 Å². The first-order valence-electron chi connectivity index (χ1n) is 5.97. The molecule has 0 bridgehead atoms. The molecule has 1 aromatic rings. The molecule has 2 aliphatic rings. The van der Waals surface area contributed by atoms with Crippen molar-refractivity contribution in [3.8, 4) is 0 Å². The fraction of sp³-hybridized carbons (Fsp3) is 0.385. The SMILES string of the molecule is O=C1NCC(C(=O)N2CC(F)C2)c2ccccc21. The van der Waals surface area contributed by atoms with Crippen molar-refractivity contribution in [2.75, 3.05) is 19.6 Å². The van der Waals surface area contributed by atoms with Crippen LogP contribution in [0.2, 0.25) is 0 Å². The normalized spacial score (nSPS) is 23.1. The third kappa shape index (κ3) is 1.66. The van der Waals surface area contributed by atoms with Crippen molar-refractivity contribution in [1.82, 2.24) is 10.2 Å². The number of hydrogen-bond acceptors (Lipinski definition) is 2. The van der Waals surface area contributed by atoms with Crippen molar-refractivity contribution >= 4 is 11.8 Å². The van der Waals surface area contributed by atoms with Crippen molar-refractivity contribution in [3.05, 3.63) is 35.4 Å². The molecule has 1 aromatic carbocycles. The van der Waals surface area contributed by atoms with Crippen molar-refractivity contribution in [2.24, 2.45) is 0 Å². The standard InChI is InChI=1S/C13H13FN2O2/c14-8-6-16(7-8)13(18)11-5-15-12(17)10-4-2-1-3-9(10)11/h1-4,8,11H,5-7H2,(H,15,17). The summed E-state index contributed by atoms with van der Waals surface area (Å²) in [5.74, 6) is -0.635. The van der Waals surface area contributed by atoms with E-state index in [4.69, 9.17) is 0 Å². The highest BCUT2D eigenvalue weighted by Crippen LogP contribution is 2.27. The van der Waals surface area contributed by atoms with Gasteiger partial charge in [-0.25, -0.2) is 4.39 Å². The zero-order chi connectivity index (χ0) is 12.7. The summed E-state index contributed by atoms with van der Waals surface area (Å²) >= 11 is 0. The molecule has 1 saturated heterocycles. The second-order valence-electron chi connectivity index (χ2n) is 4.69. The minimum atomic E-state index is -0.901. The molecule has 0 aliphatic carbocycles. The summed E-state index contributed by atoms with van der Waals surface area (Å²) in [6.45, 7) is 0.638. The number of carbonyl (C=O) groups excluding carboxylic acids is 2. The van der Waals surface area contributed by atoms with E-state index in [0.29, 0.717) is 12.1 Å². The fourth-order valence-electron chi connectivity index (χ4n) is 2.45. The lowest BCUT2D eigenvalue weighted by molar-refractivity contribution is -0.139. The molecule has 0 radical (unpaired) electrons. The summed E-state index contributed by atoms with van der Waals surface area (Å²) in [5, 5.41) is 2.70. The van der Waals surface area contributed by atoms with E-state index in [9.17, 15) is 14.0 Å². The van der Waals surface area contributed by atoms with Crippen molar-refractivity contribution in [1.29, 1.82) is 0 Å². The predicted octanol–water partition coefficient (Wildman–Crippen LogP) is 0.694. The third-order valence-corrected chi connectivity index (χ3v) is 3.49. The molecule has 2 amide bonds. The van der Waals surface area contributed by atoms with Gasteiger partial charge in [-0.3, -0.25) is 9.59 Å². The van der Waals surface area contributed by atoms with Crippen LogP contribution in [-0.2, 0) is 4.79 Å². The van der Waals surface area contributed by atoms with E-state index < -0.39 is 6.17 Å². The van der Waals surface area contributed by atoms with E-state index in [2.05, 4.69) is 5.32 Å². The lowest BCUT2D eigenvalue weighted by Crippen LogP contribution is -2.55. The number of fused-ring (bicyclic) bond motifs is 1. The number of halogens is 1. The van der Waals surface area contributed by atoms with E-state index in [0.717, 1.165) is 5.56 Å². The highest BCUT2D eigenvalue weighted by atomic mass is 19.1. The summed E-state index contributed by atoms with van der Waals surface area (Å²) in [7, 11) is 0. The van der Waals surface area contributed by atoms with E-state index in [-0.39, 0.29) is 30.8 Å². The van der Waals surface area contributed by atoms with Gasteiger partial charge in [0.05, 0.1) is 19.0 Å². The number of nitrogens with one attached hydrogen (secondary N) is 1. The van der Waals surface area contributed by atoms with E-state index in [1.165, 1.54) is 4.90 Å². The highest BCUT2D eigenvalue weighted by Gasteiger charge is 2.38. The zero-order valence-corrected chi connectivity index (χ0v) is 9.73. The van der Waals surface area contributed by atoms with Crippen molar-refractivity contribution < 1.29 is 14.0 Å². The van der Waals surface area contributed by atoms with Crippen LogP contribution < -0.4 is 5.32 Å². The van der Waals surface area contributed by atoms with Gasteiger partial charge in [-0.2, -0.15) is 0 Å². The van der Waals surface area contributed by atoms with Crippen LogP contribution in [-0.4, -0.2) is 42.5 Å². The van der Waals surface area contributed by atoms with Gasteiger partial charge < -0.3 is 10.2 Å². The lowest BCUT2D eigenvalue weighted by Gasteiger charge is -2.38. The van der Waals surface area contributed by atoms with Crippen molar-refractivity contribution in [2.45, 2.75) is 12.1 Å². The van der Waals surface area contributed by atoms with E-state index in [1.807, 2.05) is 6.07 Å². The molecule has 0 saturated carbocycles. The molecule has 5 heteroatoms. The van der Waals surface area contributed by atoms with Gasteiger partial charge in [0.15, 0.2) is 0 Å². The van der Waals surface area contributed by atoms with Crippen molar-refractivity contribution in [3.63, 3.8) is 0 Å². The van der Waals surface area contributed by atoms with E-state index in [1.54, 1.807) is 18.2 Å². The minimum Gasteiger partial charge on any atom is -0.351 e. The van der Waals surface area contributed by atoms with Crippen LogP contribution in [0.5, 0.6) is 0 Å². The Morgan fingerprint density at radius 2 is 2.06 bits per heavy atom. The van der Waals surface area contributed by atoms with Gasteiger partial charge in [-0.15, -0.1) is 0 Å². The Morgan fingerprint density at radius 1 is 1.33 bits per heavy atom. The number of likely N-dealkylation sites (tertiary alicyclic amines) is 1. The van der Waals surface area contributed by atoms with Gasteiger partial charge in [-0.1, -0.05) is 18.2 Å². The molecule has 2 heterocycles. The molecular weight excluding hydrogens is 235 g/mol. The average Bonchev–Trinajstić information content (AvgIpc) is 2.35. The maximum absolute atomic E-state index is 12.8. The lowest BCUT2D eigenvalue weighted by atomic mass is 9.88. The predicted molar refractivity (Wildman–Crippen MR) is 63.0 cm³/mol. The van der Waals surface area contributed by atoms with Gasteiger partial charge in [0, 0.05) is 12.1 Å². The molecule has 94 valence electrons. The first-order chi connectivity index (χ1) is 8.66. The Bertz CT molecular complexity index is 511. The first-order valence-corrected chi connectivity index (χ1v) is 5.97. The molecule has 4 nitrogen and oxygen atoms in total. The smallest absolute Gasteiger partial charge is 0.251 e. The van der Waals surface area contributed by atoms with Gasteiger partial charge in [-0.05, 0) is 11.6 Å². The van der Waals surface area contributed by atoms with E-state index >= 15 is 0 Å². The van der Waals surface area contributed by atoms with Crippen LogP contribution >= 0.6 is 0 Å². The molecule has 0 aromatic heterocycles. The maximum atomic E-state index is 12.8. The number of nitrogens with zero attached hydrogens (tertiary/aromatic N) is 1. The molecule has 1 atom stereocenters. The Balaban J connectivity index is 1.88. The number of hydrogen-bond donors (Lipinski definition) is 1. The molecule has 1 unspecified atom stereocenters. The molecule has 0 spiro atoms. The van der Waals surface area contributed by atoms with Gasteiger partial charge in [0.25, 0.3) is 5.91 Å². The van der Waals surface area contributed by atoms with Crippen LogP contribution in [0.25, 0.3) is 0 Å². The number of carbonyl (C=O) groups is 2. The summed E-state index contributed by atoms with van der Waals surface area (Å²) in [6.07, 6.45) is -0.901. The van der Waals surface area contributed by atoms with Gasteiger partial charge in [0.1, 0.15) is 6.17 Å². The van der Waals surface area contributed by atoms with Crippen LogP contribution in [0.3, 0.4) is 0 Å². The Labute approximate surface area is 104 Å². The largest absolute Gasteiger partial charge is 0.351 e. The summed E-state index contributed by atoms with van der Waals surface area (Å²) < 4.78 is 12.8. The molecular formula is C13H13FN2O2. The third-order valence-electron chi connectivity index (χ3n) is 3.49. The average molecular weight is 248 g/mol. The fourth-order valence-corrected chi connectivity index (χ4v) is 2.45. The Kier molecular flexibility index (Phi) is 2.54. The molecule has 3 rings (SSSR count). The first kappa shape index (κ1) is 11.2. The molecule has 1 N–H and O–H groups in total. The monoisotopic (exact) mass is 248 g/mol. The molecule has 1 fully saturated rings. The highest BCUT2D eigenvalue weighted by molar-refractivity contribution is 6.00. The topological polar surface area (TPSA) is 49.4 Å². The van der Waals surface area contributed by atoms with Crippen LogP contribution in [0.1, 0.15) is 21.8 Å². The van der Waals surface area contributed by atoms with Gasteiger partial charge >= 0.3 is 0 Å². The summed E-state index contributed by atoms with van der Waals surface area (Å²) in [6, 6.07) is 7.08. The zero-order valence-electron chi connectivity index (χ0n) is 9.73. The maximum Gasteiger partial charge on any atom is 0.251 e. The second kappa shape index (κ2) is 4.08. The number of rotatable bonds is 1. The van der Waals surface area contributed by atoms with Crippen LogP contribution in [0, 0.1) is 0 Å². The number of benzene rings is 1. The van der Waals surface area contributed by atoms with Gasteiger partial charge in [0.2, 0.25) is 5.91 Å². The molecule has 18 heavy (non-hydrogen) atoms. The van der Waals surface area contributed by atoms with Crippen LogP contribution in [0.4, 0.5) is 4.39 Å². The molecule has 2 aliphatic heterocycles.